The second-order valence-corrected chi connectivity index (χ2v) is 4.62. The average molecular weight is 274 g/mol. The Kier molecular flexibility index (Phi) is 7.25. The fraction of sp³-hybridized carbons (Fsp3) is 0.571. The zero-order chi connectivity index (χ0) is 13.4. The first kappa shape index (κ1) is 15.4. The van der Waals surface area contributed by atoms with Gasteiger partial charge in [0.1, 0.15) is 5.82 Å². The van der Waals surface area contributed by atoms with Crippen LogP contribution in [0.5, 0.6) is 0 Å². The van der Waals surface area contributed by atoms with E-state index >= 15 is 0 Å². The lowest BCUT2D eigenvalue weighted by atomic mass is 10.1. The van der Waals surface area contributed by atoms with Crippen LogP contribution in [0.25, 0.3) is 0 Å². The fourth-order valence-corrected chi connectivity index (χ4v) is 2.02. The standard InChI is InChI=1S/C14H21ClFNO/c1-3-8-18-10-12(17-4-2)9-11-6-5-7-13(16)14(11)15/h5-7,12,17H,3-4,8-10H2,1-2H3. The van der Waals surface area contributed by atoms with E-state index in [2.05, 4.69) is 12.2 Å². The molecule has 0 saturated heterocycles. The first-order valence-electron chi connectivity index (χ1n) is 6.43. The van der Waals surface area contributed by atoms with Crippen LogP contribution in [0.1, 0.15) is 25.8 Å². The molecule has 18 heavy (non-hydrogen) atoms. The van der Waals surface area contributed by atoms with Crippen LogP contribution in [0.2, 0.25) is 5.02 Å². The van der Waals surface area contributed by atoms with Gasteiger partial charge in [-0.15, -0.1) is 0 Å². The summed E-state index contributed by atoms with van der Waals surface area (Å²) < 4.78 is 18.9. The van der Waals surface area contributed by atoms with E-state index in [4.69, 9.17) is 16.3 Å². The lowest BCUT2D eigenvalue weighted by molar-refractivity contribution is 0.112. The monoisotopic (exact) mass is 273 g/mol. The van der Waals surface area contributed by atoms with E-state index < -0.39 is 0 Å². The van der Waals surface area contributed by atoms with Gasteiger partial charge in [-0.25, -0.2) is 4.39 Å². The van der Waals surface area contributed by atoms with Gasteiger partial charge in [0, 0.05) is 12.6 Å². The van der Waals surface area contributed by atoms with Crippen molar-refractivity contribution in [3.63, 3.8) is 0 Å². The number of halogens is 2. The molecule has 0 fully saturated rings. The Balaban J connectivity index is 2.61. The number of nitrogens with one attached hydrogen (secondary N) is 1. The predicted octanol–water partition coefficient (Wildman–Crippen LogP) is 3.43. The van der Waals surface area contributed by atoms with Crippen molar-refractivity contribution in [3.05, 3.63) is 34.6 Å². The molecule has 1 aromatic carbocycles. The second-order valence-electron chi connectivity index (χ2n) is 4.25. The van der Waals surface area contributed by atoms with Crippen molar-refractivity contribution in [1.29, 1.82) is 0 Å². The van der Waals surface area contributed by atoms with Gasteiger partial charge in [0.05, 0.1) is 11.6 Å². The molecule has 0 aliphatic heterocycles. The Hall–Kier alpha value is -0.640. The molecule has 102 valence electrons. The van der Waals surface area contributed by atoms with E-state index in [1.807, 2.05) is 13.0 Å². The van der Waals surface area contributed by atoms with Crippen molar-refractivity contribution in [1.82, 2.24) is 5.32 Å². The van der Waals surface area contributed by atoms with Crippen LogP contribution < -0.4 is 5.32 Å². The number of benzene rings is 1. The fourth-order valence-electron chi connectivity index (χ4n) is 1.82. The molecule has 1 N–H and O–H groups in total. The highest BCUT2D eigenvalue weighted by atomic mass is 35.5. The van der Waals surface area contributed by atoms with E-state index in [0.717, 1.165) is 25.1 Å². The summed E-state index contributed by atoms with van der Waals surface area (Å²) in [5, 5.41) is 3.55. The topological polar surface area (TPSA) is 21.3 Å². The molecule has 0 aliphatic carbocycles. The Labute approximate surface area is 113 Å². The summed E-state index contributed by atoms with van der Waals surface area (Å²) in [5.74, 6) is -0.362. The minimum Gasteiger partial charge on any atom is -0.380 e. The molecule has 1 aromatic rings. The van der Waals surface area contributed by atoms with Crippen LogP contribution in [-0.2, 0) is 11.2 Å². The normalized spacial score (nSPS) is 12.7. The zero-order valence-electron chi connectivity index (χ0n) is 11.0. The highest BCUT2D eigenvalue weighted by Gasteiger charge is 2.12. The minimum atomic E-state index is -0.362. The third-order valence-corrected chi connectivity index (χ3v) is 3.08. The molecule has 0 spiro atoms. The van der Waals surface area contributed by atoms with Gasteiger partial charge in [-0.2, -0.15) is 0 Å². The van der Waals surface area contributed by atoms with Gasteiger partial charge in [-0.05, 0) is 31.0 Å². The zero-order valence-corrected chi connectivity index (χ0v) is 11.8. The summed E-state index contributed by atoms with van der Waals surface area (Å²) in [4.78, 5) is 0. The molecule has 1 atom stereocenters. The predicted molar refractivity (Wildman–Crippen MR) is 73.7 cm³/mol. The molecule has 0 amide bonds. The van der Waals surface area contributed by atoms with Gasteiger partial charge in [0.2, 0.25) is 0 Å². The van der Waals surface area contributed by atoms with Gasteiger partial charge in [-0.3, -0.25) is 0 Å². The van der Waals surface area contributed by atoms with Gasteiger partial charge >= 0.3 is 0 Å². The molecule has 0 aromatic heterocycles. The second kappa shape index (κ2) is 8.46. The van der Waals surface area contributed by atoms with E-state index in [-0.39, 0.29) is 16.9 Å². The minimum absolute atomic E-state index is 0.167. The van der Waals surface area contributed by atoms with Crippen LogP contribution in [0, 0.1) is 5.82 Å². The number of hydrogen-bond acceptors (Lipinski definition) is 2. The van der Waals surface area contributed by atoms with Gasteiger partial charge in [0.15, 0.2) is 0 Å². The largest absolute Gasteiger partial charge is 0.380 e. The quantitative estimate of drug-likeness (QED) is 0.733. The number of hydrogen-bond donors (Lipinski definition) is 1. The smallest absolute Gasteiger partial charge is 0.142 e. The molecule has 0 saturated carbocycles. The molecule has 0 radical (unpaired) electrons. The first-order valence-corrected chi connectivity index (χ1v) is 6.80. The summed E-state index contributed by atoms with van der Waals surface area (Å²) in [5.41, 5.74) is 0.822. The number of likely N-dealkylation sites (N-methyl/N-ethyl adjacent to an activating group) is 1. The van der Waals surface area contributed by atoms with Gasteiger partial charge in [-0.1, -0.05) is 37.6 Å². The van der Waals surface area contributed by atoms with Crippen molar-refractivity contribution in [2.75, 3.05) is 19.8 Å². The van der Waals surface area contributed by atoms with Crippen LogP contribution in [0.15, 0.2) is 18.2 Å². The van der Waals surface area contributed by atoms with Crippen molar-refractivity contribution in [2.45, 2.75) is 32.7 Å². The Morgan fingerprint density at radius 1 is 1.39 bits per heavy atom. The molecular weight excluding hydrogens is 253 g/mol. The SMILES string of the molecule is CCCOCC(Cc1cccc(F)c1Cl)NCC. The van der Waals surface area contributed by atoms with E-state index in [0.29, 0.717) is 13.0 Å². The van der Waals surface area contributed by atoms with Crippen LogP contribution in [-0.4, -0.2) is 25.8 Å². The summed E-state index contributed by atoms with van der Waals surface area (Å²) >= 11 is 5.96. The highest BCUT2D eigenvalue weighted by molar-refractivity contribution is 6.31. The summed E-state index contributed by atoms with van der Waals surface area (Å²) in [6.45, 7) is 6.34. The summed E-state index contributed by atoms with van der Waals surface area (Å²) in [6, 6.07) is 5.09. The molecule has 1 unspecified atom stereocenters. The van der Waals surface area contributed by atoms with Gasteiger partial charge < -0.3 is 10.1 Å². The Morgan fingerprint density at radius 2 is 2.17 bits per heavy atom. The first-order chi connectivity index (χ1) is 8.69. The summed E-state index contributed by atoms with van der Waals surface area (Å²) in [7, 11) is 0. The van der Waals surface area contributed by atoms with Gasteiger partial charge in [0.25, 0.3) is 0 Å². The summed E-state index contributed by atoms with van der Waals surface area (Å²) in [6.07, 6.45) is 1.67. The third-order valence-electron chi connectivity index (χ3n) is 2.66. The number of ether oxygens (including phenoxy) is 1. The number of rotatable bonds is 8. The van der Waals surface area contributed by atoms with Crippen molar-refractivity contribution in [3.8, 4) is 0 Å². The molecule has 1 rings (SSSR count). The molecule has 0 aliphatic rings. The molecule has 2 nitrogen and oxygen atoms in total. The maximum Gasteiger partial charge on any atom is 0.142 e. The van der Waals surface area contributed by atoms with Crippen molar-refractivity contribution in [2.24, 2.45) is 0 Å². The highest BCUT2D eigenvalue weighted by Crippen LogP contribution is 2.21. The lowest BCUT2D eigenvalue weighted by Crippen LogP contribution is -2.35. The Morgan fingerprint density at radius 3 is 2.83 bits per heavy atom. The molecule has 0 heterocycles. The van der Waals surface area contributed by atoms with Crippen LogP contribution in [0.3, 0.4) is 0 Å². The maximum absolute atomic E-state index is 13.3. The molecule has 0 bridgehead atoms. The van der Waals surface area contributed by atoms with Crippen LogP contribution in [0.4, 0.5) is 4.39 Å². The van der Waals surface area contributed by atoms with E-state index in [1.165, 1.54) is 6.07 Å². The van der Waals surface area contributed by atoms with E-state index in [9.17, 15) is 4.39 Å². The van der Waals surface area contributed by atoms with Crippen molar-refractivity contribution >= 4 is 11.6 Å². The average Bonchev–Trinajstić information content (AvgIpc) is 2.35. The molecular formula is C14H21ClFNO. The van der Waals surface area contributed by atoms with Crippen molar-refractivity contribution < 1.29 is 9.13 Å². The van der Waals surface area contributed by atoms with Crippen LogP contribution >= 0.6 is 11.6 Å². The van der Waals surface area contributed by atoms with E-state index in [1.54, 1.807) is 6.07 Å². The maximum atomic E-state index is 13.3. The molecule has 4 heteroatoms. The Bertz CT molecular complexity index is 360. The third kappa shape index (κ3) is 4.92. The lowest BCUT2D eigenvalue weighted by Gasteiger charge is -2.18.